The molecule has 1 saturated heterocycles. The van der Waals surface area contributed by atoms with Gasteiger partial charge in [0.2, 0.25) is 0 Å². The molecule has 2 aromatic rings. The first-order valence-corrected chi connectivity index (χ1v) is 10.3. The van der Waals surface area contributed by atoms with Crippen LogP contribution in [0.1, 0.15) is 38.8 Å². The normalized spacial score (nSPS) is 15.2. The fraction of sp³-hybridized carbons (Fsp3) is 0.435. The van der Waals surface area contributed by atoms with Crippen LogP contribution < -0.4 is 9.64 Å². The van der Waals surface area contributed by atoms with Gasteiger partial charge in [-0.2, -0.15) is 0 Å². The van der Waals surface area contributed by atoms with Gasteiger partial charge in [-0.3, -0.25) is 9.36 Å². The highest BCUT2D eigenvalue weighted by Gasteiger charge is 2.26. The van der Waals surface area contributed by atoms with E-state index >= 15 is 0 Å². The standard InChI is InChI=1S/C23H30N4O3/c1-5-18(14-17(2)28)22-15-27(16-24-22)23(29)25(3)19-10-12-26(13-11-19)20-6-8-21(30-4)9-7-20/h6-9,14-16,19H,5,10-13H2,1-4H3/b18-14+. The molecule has 1 amide bonds. The lowest BCUT2D eigenvalue weighted by Gasteiger charge is -2.37. The molecule has 0 saturated carbocycles. The molecule has 160 valence electrons. The van der Waals surface area contributed by atoms with Crippen molar-refractivity contribution in [3.63, 3.8) is 0 Å². The minimum absolute atomic E-state index is 0.0199. The number of ketones is 1. The first-order valence-electron chi connectivity index (χ1n) is 10.3. The van der Waals surface area contributed by atoms with Gasteiger partial charge in [-0.05, 0) is 62.1 Å². The second kappa shape index (κ2) is 9.61. The molecular weight excluding hydrogens is 380 g/mol. The Bertz CT molecular complexity index is 909. The summed E-state index contributed by atoms with van der Waals surface area (Å²) in [6, 6.07) is 8.16. The van der Waals surface area contributed by atoms with Crippen LogP contribution in [0.25, 0.3) is 5.57 Å². The second-order valence-corrected chi connectivity index (χ2v) is 7.61. The van der Waals surface area contributed by atoms with E-state index in [-0.39, 0.29) is 17.9 Å². The number of amides is 1. The summed E-state index contributed by atoms with van der Waals surface area (Å²) >= 11 is 0. The third-order valence-electron chi connectivity index (χ3n) is 5.64. The van der Waals surface area contributed by atoms with Crippen molar-refractivity contribution in [1.82, 2.24) is 14.5 Å². The number of hydrogen-bond donors (Lipinski definition) is 0. The predicted molar refractivity (Wildman–Crippen MR) is 118 cm³/mol. The summed E-state index contributed by atoms with van der Waals surface area (Å²) in [4.78, 5) is 32.8. The Hall–Kier alpha value is -3.09. The third-order valence-corrected chi connectivity index (χ3v) is 5.64. The van der Waals surface area contributed by atoms with Crippen LogP contribution in [0.2, 0.25) is 0 Å². The molecular formula is C23H30N4O3. The maximum atomic E-state index is 12.9. The van der Waals surface area contributed by atoms with Gasteiger partial charge in [0, 0.05) is 38.1 Å². The lowest BCUT2D eigenvalue weighted by molar-refractivity contribution is -0.112. The van der Waals surface area contributed by atoms with E-state index in [9.17, 15) is 9.59 Å². The quantitative estimate of drug-likeness (QED) is 0.677. The number of nitrogens with zero attached hydrogens (tertiary/aromatic N) is 4. The van der Waals surface area contributed by atoms with Gasteiger partial charge < -0.3 is 14.5 Å². The van der Waals surface area contributed by atoms with Crippen molar-refractivity contribution in [2.75, 3.05) is 32.1 Å². The van der Waals surface area contributed by atoms with E-state index in [1.54, 1.807) is 24.3 Å². The molecule has 0 N–H and O–H groups in total. The van der Waals surface area contributed by atoms with Crippen LogP contribution in [0.15, 0.2) is 42.9 Å². The number of ether oxygens (including phenoxy) is 1. The molecule has 0 aliphatic carbocycles. The maximum Gasteiger partial charge on any atom is 0.329 e. The van der Waals surface area contributed by atoms with Gasteiger partial charge in [-0.25, -0.2) is 9.78 Å². The van der Waals surface area contributed by atoms with Crippen LogP contribution in [0.5, 0.6) is 5.75 Å². The number of benzene rings is 1. The lowest BCUT2D eigenvalue weighted by Crippen LogP contribution is -2.46. The van der Waals surface area contributed by atoms with Crippen molar-refractivity contribution in [2.24, 2.45) is 0 Å². The van der Waals surface area contributed by atoms with Crippen molar-refractivity contribution >= 4 is 23.1 Å². The zero-order valence-electron chi connectivity index (χ0n) is 18.2. The fourth-order valence-corrected chi connectivity index (χ4v) is 3.84. The van der Waals surface area contributed by atoms with Crippen molar-refractivity contribution in [1.29, 1.82) is 0 Å². The molecule has 1 fully saturated rings. The molecule has 0 bridgehead atoms. The molecule has 30 heavy (non-hydrogen) atoms. The molecule has 1 aliphatic rings. The van der Waals surface area contributed by atoms with E-state index in [2.05, 4.69) is 22.0 Å². The third kappa shape index (κ3) is 4.90. The molecule has 0 spiro atoms. The number of rotatable bonds is 6. The van der Waals surface area contributed by atoms with Gasteiger partial charge in [0.15, 0.2) is 5.78 Å². The van der Waals surface area contributed by atoms with Crippen LogP contribution in [0.4, 0.5) is 10.5 Å². The number of carbonyl (C=O) groups excluding carboxylic acids is 2. The van der Waals surface area contributed by atoms with Gasteiger partial charge in [0.1, 0.15) is 12.1 Å². The number of carbonyl (C=O) groups is 2. The van der Waals surface area contributed by atoms with Crippen molar-refractivity contribution < 1.29 is 14.3 Å². The first kappa shape index (κ1) is 21.6. The molecule has 7 heteroatoms. The Morgan fingerprint density at radius 3 is 2.47 bits per heavy atom. The molecule has 1 aliphatic heterocycles. The zero-order chi connectivity index (χ0) is 21.7. The van der Waals surface area contributed by atoms with Crippen LogP contribution in [0, 0.1) is 0 Å². The lowest BCUT2D eigenvalue weighted by atomic mass is 10.0. The average Bonchev–Trinajstić information content (AvgIpc) is 3.26. The SMILES string of the molecule is CC/C(=C\C(C)=O)c1cn(C(=O)N(C)C2CCN(c3ccc(OC)cc3)CC2)cn1. The number of aromatic nitrogens is 2. The molecule has 3 rings (SSSR count). The topological polar surface area (TPSA) is 67.7 Å². The molecule has 7 nitrogen and oxygen atoms in total. The molecule has 0 unspecified atom stereocenters. The first-order chi connectivity index (χ1) is 14.4. The summed E-state index contributed by atoms with van der Waals surface area (Å²) in [6.45, 7) is 5.28. The summed E-state index contributed by atoms with van der Waals surface area (Å²) < 4.78 is 6.73. The van der Waals surface area contributed by atoms with Crippen LogP contribution in [0.3, 0.4) is 0 Å². The van der Waals surface area contributed by atoms with E-state index in [4.69, 9.17) is 4.74 Å². The highest BCUT2D eigenvalue weighted by molar-refractivity contribution is 5.94. The minimum Gasteiger partial charge on any atom is -0.497 e. The second-order valence-electron chi connectivity index (χ2n) is 7.61. The zero-order valence-corrected chi connectivity index (χ0v) is 18.2. The Kier molecular flexibility index (Phi) is 6.92. The largest absolute Gasteiger partial charge is 0.497 e. The van der Waals surface area contributed by atoms with E-state index in [1.165, 1.54) is 23.5 Å². The van der Waals surface area contributed by atoms with E-state index in [0.717, 1.165) is 37.3 Å². The maximum absolute atomic E-state index is 12.9. The van der Waals surface area contributed by atoms with Crippen LogP contribution in [-0.4, -0.2) is 59.6 Å². The summed E-state index contributed by atoms with van der Waals surface area (Å²) in [6.07, 6.45) is 7.31. The van der Waals surface area contributed by atoms with Crippen LogP contribution >= 0.6 is 0 Å². The Balaban J connectivity index is 1.61. The van der Waals surface area contributed by atoms with Crippen molar-refractivity contribution in [2.45, 2.75) is 39.2 Å². The molecule has 2 heterocycles. The number of imidazole rings is 1. The van der Waals surface area contributed by atoms with Crippen molar-refractivity contribution in [3.8, 4) is 5.75 Å². The van der Waals surface area contributed by atoms with Crippen LogP contribution in [-0.2, 0) is 4.79 Å². The predicted octanol–water partition coefficient (Wildman–Crippen LogP) is 3.84. The molecule has 1 aromatic heterocycles. The van der Waals surface area contributed by atoms with E-state index in [0.29, 0.717) is 12.1 Å². The summed E-state index contributed by atoms with van der Waals surface area (Å²) in [5.41, 5.74) is 2.68. The van der Waals surface area contributed by atoms with Gasteiger partial charge in [0.05, 0.1) is 12.8 Å². The summed E-state index contributed by atoms with van der Waals surface area (Å²) in [7, 11) is 3.51. The Morgan fingerprint density at radius 2 is 1.90 bits per heavy atom. The minimum atomic E-state index is -0.102. The van der Waals surface area contributed by atoms with E-state index in [1.807, 2.05) is 26.1 Å². The Morgan fingerprint density at radius 1 is 1.23 bits per heavy atom. The smallest absolute Gasteiger partial charge is 0.329 e. The monoisotopic (exact) mass is 410 g/mol. The van der Waals surface area contributed by atoms with Gasteiger partial charge in [-0.1, -0.05) is 6.92 Å². The Labute approximate surface area is 177 Å². The number of piperidine rings is 1. The van der Waals surface area contributed by atoms with E-state index < -0.39 is 0 Å². The number of methoxy groups -OCH3 is 1. The number of allylic oxidation sites excluding steroid dienone is 2. The highest BCUT2D eigenvalue weighted by Crippen LogP contribution is 2.25. The van der Waals surface area contributed by atoms with Gasteiger partial charge in [0.25, 0.3) is 0 Å². The number of hydrogen-bond acceptors (Lipinski definition) is 5. The molecule has 1 aromatic carbocycles. The highest BCUT2D eigenvalue weighted by atomic mass is 16.5. The average molecular weight is 411 g/mol. The number of anilines is 1. The fourth-order valence-electron chi connectivity index (χ4n) is 3.84. The molecule has 0 atom stereocenters. The van der Waals surface area contributed by atoms with Gasteiger partial charge in [-0.15, -0.1) is 0 Å². The molecule has 0 radical (unpaired) electrons. The summed E-state index contributed by atoms with van der Waals surface area (Å²) in [5, 5.41) is 0. The van der Waals surface area contributed by atoms with Crippen molar-refractivity contribution in [3.05, 3.63) is 48.6 Å². The van der Waals surface area contributed by atoms with Gasteiger partial charge >= 0.3 is 6.03 Å². The summed E-state index contributed by atoms with van der Waals surface area (Å²) in [5.74, 6) is 0.830.